The minimum absolute atomic E-state index is 0.123. The van der Waals surface area contributed by atoms with Gasteiger partial charge in [0, 0.05) is 26.9 Å². The van der Waals surface area contributed by atoms with Crippen LogP contribution in [0.25, 0.3) is 0 Å². The van der Waals surface area contributed by atoms with Gasteiger partial charge in [0.2, 0.25) is 0 Å². The Kier molecular flexibility index (Phi) is 6.86. The zero-order valence-corrected chi connectivity index (χ0v) is 11.0. The lowest BCUT2D eigenvalue weighted by molar-refractivity contribution is 0.0396. The maximum Gasteiger partial charge on any atom is 0.0951 e. The van der Waals surface area contributed by atoms with Gasteiger partial charge in [-0.1, -0.05) is 24.3 Å². The fourth-order valence-electron chi connectivity index (χ4n) is 1.82. The fourth-order valence-corrected chi connectivity index (χ4v) is 1.82. The van der Waals surface area contributed by atoms with Crippen molar-refractivity contribution in [3.63, 3.8) is 0 Å². The Morgan fingerprint density at radius 3 is 2.65 bits per heavy atom. The number of nitrogens with one attached hydrogen (secondary N) is 1. The molecular formula is C14H23NO2. The van der Waals surface area contributed by atoms with E-state index in [1.54, 1.807) is 7.11 Å². The number of ether oxygens (including phenoxy) is 2. The van der Waals surface area contributed by atoms with Crippen LogP contribution in [0, 0.1) is 6.92 Å². The molecule has 0 radical (unpaired) electrons. The number of rotatable bonds is 8. The number of aryl methyl sites for hydroxylation is 1. The van der Waals surface area contributed by atoms with Crippen molar-refractivity contribution in [3.05, 3.63) is 35.4 Å². The van der Waals surface area contributed by atoms with Crippen molar-refractivity contribution in [1.29, 1.82) is 0 Å². The summed E-state index contributed by atoms with van der Waals surface area (Å²) in [6, 6.07) is 8.37. The second kappa shape index (κ2) is 8.23. The minimum Gasteiger partial charge on any atom is -0.385 e. The molecule has 1 rings (SSSR count). The molecule has 0 fully saturated rings. The summed E-state index contributed by atoms with van der Waals surface area (Å²) in [6.45, 7) is 4.43. The first-order valence-corrected chi connectivity index (χ1v) is 6.10. The molecule has 3 heteroatoms. The molecule has 0 saturated heterocycles. The smallest absolute Gasteiger partial charge is 0.0951 e. The Bertz CT molecular complexity index is 315. The van der Waals surface area contributed by atoms with Crippen LogP contribution in [0.5, 0.6) is 0 Å². The predicted octanol–water partition coefficient (Wildman–Crippen LogP) is 2.31. The van der Waals surface area contributed by atoms with E-state index in [2.05, 4.69) is 36.5 Å². The van der Waals surface area contributed by atoms with Gasteiger partial charge in [-0.15, -0.1) is 0 Å². The number of hydrogen-bond donors (Lipinski definition) is 1. The molecule has 1 aromatic carbocycles. The van der Waals surface area contributed by atoms with Crippen molar-refractivity contribution in [3.8, 4) is 0 Å². The van der Waals surface area contributed by atoms with E-state index in [0.29, 0.717) is 0 Å². The standard InChI is InChI=1S/C14H23NO2/c1-12-7-4-5-8-13(12)14(11-15-2)17-10-6-9-16-3/h4-5,7-8,14-15H,6,9-11H2,1-3H3. The molecular weight excluding hydrogens is 214 g/mol. The average molecular weight is 237 g/mol. The summed E-state index contributed by atoms with van der Waals surface area (Å²) in [7, 11) is 3.66. The molecule has 1 unspecified atom stereocenters. The fraction of sp³-hybridized carbons (Fsp3) is 0.571. The van der Waals surface area contributed by atoms with Crippen LogP contribution in [-0.2, 0) is 9.47 Å². The first-order valence-electron chi connectivity index (χ1n) is 6.10. The number of likely N-dealkylation sites (N-methyl/N-ethyl adjacent to an activating group) is 1. The van der Waals surface area contributed by atoms with Gasteiger partial charge in [-0.05, 0) is 31.5 Å². The molecule has 0 amide bonds. The third-order valence-corrected chi connectivity index (χ3v) is 2.74. The van der Waals surface area contributed by atoms with Crippen LogP contribution < -0.4 is 5.32 Å². The highest BCUT2D eigenvalue weighted by Gasteiger charge is 2.12. The highest BCUT2D eigenvalue weighted by atomic mass is 16.5. The molecule has 0 bridgehead atoms. The molecule has 0 heterocycles. The Labute approximate surface area is 104 Å². The molecule has 1 atom stereocenters. The summed E-state index contributed by atoms with van der Waals surface area (Å²) in [5.74, 6) is 0. The summed E-state index contributed by atoms with van der Waals surface area (Å²) >= 11 is 0. The summed E-state index contributed by atoms with van der Waals surface area (Å²) in [4.78, 5) is 0. The molecule has 0 aliphatic carbocycles. The van der Waals surface area contributed by atoms with Crippen LogP contribution in [0.2, 0.25) is 0 Å². The van der Waals surface area contributed by atoms with E-state index >= 15 is 0 Å². The third kappa shape index (κ3) is 4.86. The van der Waals surface area contributed by atoms with Crippen LogP contribution in [-0.4, -0.2) is 33.9 Å². The van der Waals surface area contributed by atoms with Gasteiger partial charge in [0.25, 0.3) is 0 Å². The lowest BCUT2D eigenvalue weighted by Gasteiger charge is -2.20. The van der Waals surface area contributed by atoms with Crippen molar-refractivity contribution in [2.24, 2.45) is 0 Å². The van der Waals surface area contributed by atoms with Gasteiger partial charge in [-0.2, -0.15) is 0 Å². The van der Waals surface area contributed by atoms with Crippen molar-refractivity contribution in [1.82, 2.24) is 5.32 Å². The number of benzene rings is 1. The summed E-state index contributed by atoms with van der Waals surface area (Å²) in [5.41, 5.74) is 2.54. The molecule has 1 N–H and O–H groups in total. The van der Waals surface area contributed by atoms with Crippen molar-refractivity contribution < 1.29 is 9.47 Å². The Hall–Kier alpha value is -0.900. The van der Waals surface area contributed by atoms with Crippen LogP contribution in [0.1, 0.15) is 23.7 Å². The van der Waals surface area contributed by atoms with Crippen LogP contribution >= 0.6 is 0 Å². The largest absolute Gasteiger partial charge is 0.385 e. The van der Waals surface area contributed by atoms with E-state index in [4.69, 9.17) is 9.47 Å². The highest BCUT2D eigenvalue weighted by Crippen LogP contribution is 2.20. The Morgan fingerprint density at radius 1 is 1.24 bits per heavy atom. The van der Waals surface area contributed by atoms with E-state index in [1.165, 1.54) is 11.1 Å². The minimum atomic E-state index is 0.123. The molecule has 0 spiro atoms. The second-order valence-corrected chi connectivity index (χ2v) is 4.12. The monoisotopic (exact) mass is 237 g/mol. The quantitative estimate of drug-likeness (QED) is 0.704. The van der Waals surface area contributed by atoms with Gasteiger partial charge >= 0.3 is 0 Å². The van der Waals surface area contributed by atoms with Gasteiger partial charge in [-0.25, -0.2) is 0 Å². The van der Waals surface area contributed by atoms with E-state index in [0.717, 1.165) is 26.2 Å². The normalized spacial score (nSPS) is 12.6. The van der Waals surface area contributed by atoms with Crippen molar-refractivity contribution in [2.75, 3.05) is 33.9 Å². The highest BCUT2D eigenvalue weighted by molar-refractivity contribution is 5.28. The molecule has 96 valence electrons. The summed E-state index contributed by atoms with van der Waals surface area (Å²) in [5, 5.41) is 3.18. The summed E-state index contributed by atoms with van der Waals surface area (Å²) < 4.78 is 10.9. The van der Waals surface area contributed by atoms with Crippen molar-refractivity contribution in [2.45, 2.75) is 19.4 Å². The third-order valence-electron chi connectivity index (χ3n) is 2.74. The number of methoxy groups -OCH3 is 1. The lowest BCUT2D eigenvalue weighted by atomic mass is 10.0. The first kappa shape index (κ1) is 14.2. The van der Waals surface area contributed by atoms with Crippen LogP contribution in [0.15, 0.2) is 24.3 Å². The van der Waals surface area contributed by atoms with E-state index in [9.17, 15) is 0 Å². The predicted molar refractivity (Wildman–Crippen MR) is 70.3 cm³/mol. The van der Waals surface area contributed by atoms with E-state index in [1.807, 2.05) is 7.05 Å². The molecule has 3 nitrogen and oxygen atoms in total. The Morgan fingerprint density at radius 2 is 2.00 bits per heavy atom. The molecule has 0 saturated carbocycles. The van der Waals surface area contributed by atoms with E-state index in [-0.39, 0.29) is 6.10 Å². The lowest BCUT2D eigenvalue weighted by Crippen LogP contribution is -2.21. The molecule has 1 aromatic rings. The topological polar surface area (TPSA) is 30.5 Å². The first-order chi connectivity index (χ1) is 8.29. The SMILES string of the molecule is CNCC(OCCCOC)c1ccccc1C. The second-order valence-electron chi connectivity index (χ2n) is 4.12. The maximum absolute atomic E-state index is 5.91. The Balaban J connectivity index is 2.56. The van der Waals surface area contributed by atoms with Gasteiger partial charge in [0.1, 0.15) is 0 Å². The van der Waals surface area contributed by atoms with Gasteiger partial charge in [-0.3, -0.25) is 0 Å². The zero-order chi connectivity index (χ0) is 12.5. The van der Waals surface area contributed by atoms with E-state index < -0.39 is 0 Å². The van der Waals surface area contributed by atoms with Gasteiger partial charge in [0.05, 0.1) is 6.10 Å². The van der Waals surface area contributed by atoms with Crippen molar-refractivity contribution >= 4 is 0 Å². The average Bonchev–Trinajstić information content (AvgIpc) is 2.34. The van der Waals surface area contributed by atoms with Gasteiger partial charge in [0.15, 0.2) is 0 Å². The number of hydrogen-bond acceptors (Lipinski definition) is 3. The van der Waals surface area contributed by atoms with Gasteiger partial charge < -0.3 is 14.8 Å². The molecule has 0 aromatic heterocycles. The summed E-state index contributed by atoms with van der Waals surface area (Å²) in [6.07, 6.45) is 1.06. The van der Waals surface area contributed by atoms with Crippen LogP contribution in [0.3, 0.4) is 0 Å². The zero-order valence-electron chi connectivity index (χ0n) is 11.0. The molecule has 17 heavy (non-hydrogen) atoms. The van der Waals surface area contributed by atoms with Crippen LogP contribution in [0.4, 0.5) is 0 Å². The molecule has 0 aliphatic heterocycles. The molecule has 0 aliphatic rings. The maximum atomic E-state index is 5.91.